The van der Waals surface area contributed by atoms with Crippen LogP contribution in [-0.4, -0.2) is 25.0 Å². The normalized spacial score (nSPS) is 13.5. The number of carbonyl (C=O) groups excluding carboxylic acids is 2. The quantitative estimate of drug-likeness (QED) is 0.567. The molecule has 0 atom stereocenters. The Morgan fingerprint density at radius 3 is 2.73 bits per heavy atom. The van der Waals surface area contributed by atoms with Crippen LogP contribution in [0.25, 0.3) is 0 Å². The first-order valence-electron chi connectivity index (χ1n) is 5.24. The molecule has 0 unspecified atom stereocenters. The Morgan fingerprint density at radius 2 is 2.40 bits per heavy atom. The van der Waals surface area contributed by atoms with Crippen LogP contribution < -0.4 is 5.32 Å². The van der Waals surface area contributed by atoms with Crippen molar-refractivity contribution in [2.45, 2.75) is 32.6 Å². The Hall–Kier alpha value is -1.32. The van der Waals surface area contributed by atoms with Gasteiger partial charge in [-0.25, -0.2) is 0 Å². The molecule has 0 aromatic rings. The summed E-state index contributed by atoms with van der Waals surface area (Å²) < 4.78 is 4.67. The highest BCUT2D eigenvalue weighted by Gasteiger charge is 2.05. The average molecular weight is 213 g/mol. The summed E-state index contributed by atoms with van der Waals surface area (Å²) in [5.41, 5.74) is 0. The van der Waals surface area contributed by atoms with Crippen LogP contribution in [0.15, 0.2) is 12.7 Å². The molecule has 0 spiro atoms. The largest absolute Gasteiger partial charge is 0.461 e. The van der Waals surface area contributed by atoms with Gasteiger partial charge in [0.05, 0.1) is 0 Å². The van der Waals surface area contributed by atoms with E-state index in [0.717, 1.165) is 25.8 Å². The first kappa shape index (κ1) is 13.7. The smallest absolute Gasteiger partial charge is 0.306 e. The molecule has 86 valence electrons. The monoisotopic (exact) mass is 213 g/mol. The van der Waals surface area contributed by atoms with Crippen molar-refractivity contribution in [1.29, 1.82) is 0 Å². The van der Waals surface area contributed by atoms with Crippen LogP contribution in [0.2, 0.25) is 0 Å². The topological polar surface area (TPSA) is 55.4 Å². The summed E-state index contributed by atoms with van der Waals surface area (Å²) in [6.07, 6.45) is 4.68. The van der Waals surface area contributed by atoms with Gasteiger partial charge in [0.25, 0.3) is 0 Å². The number of esters is 1. The van der Waals surface area contributed by atoms with Gasteiger partial charge in [-0.15, -0.1) is 0 Å². The van der Waals surface area contributed by atoms with Crippen molar-refractivity contribution in [2.75, 3.05) is 13.2 Å². The Labute approximate surface area is 90.7 Å². The van der Waals surface area contributed by atoms with E-state index in [2.05, 4.69) is 16.6 Å². The molecule has 1 heterocycles. The molecule has 0 aliphatic carbocycles. The van der Waals surface area contributed by atoms with E-state index in [1.54, 1.807) is 6.08 Å². The summed E-state index contributed by atoms with van der Waals surface area (Å²) >= 11 is 0. The summed E-state index contributed by atoms with van der Waals surface area (Å²) in [7, 11) is 0. The van der Waals surface area contributed by atoms with Gasteiger partial charge in [0.15, 0.2) is 0 Å². The fraction of sp³-hybridized carbons (Fsp3) is 0.636. The van der Waals surface area contributed by atoms with E-state index in [4.69, 9.17) is 0 Å². The molecule has 0 saturated carbocycles. The SMILES string of the molecule is C=CCOC(=O)CCC.O=C1CCCN1. The Bertz CT molecular complexity index is 206. The van der Waals surface area contributed by atoms with E-state index in [1.807, 2.05) is 6.92 Å². The standard InChI is InChI=1S/C7H12O2.C4H7NO/c1-3-5-7(8)9-6-4-2;6-4-2-1-3-5-4/h4H,2-3,5-6H2,1H3;1-3H2,(H,5,6). The average Bonchev–Trinajstić information content (AvgIpc) is 2.67. The van der Waals surface area contributed by atoms with Crippen molar-refractivity contribution >= 4 is 11.9 Å². The second-order valence-corrected chi connectivity index (χ2v) is 3.18. The molecule has 0 aromatic carbocycles. The molecule has 0 radical (unpaired) electrons. The van der Waals surface area contributed by atoms with E-state index in [9.17, 15) is 9.59 Å². The van der Waals surface area contributed by atoms with E-state index >= 15 is 0 Å². The maximum Gasteiger partial charge on any atom is 0.306 e. The maximum absolute atomic E-state index is 10.5. The Balaban J connectivity index is 0.000000280. The molecular formula is C11H19NO3. The van der Waals surface area contributed by atoms with Gasteiger partial charge in [-0.1, -0.05) is 19.6 Å². The summed E-state index contributed by atoms with van der Waals surface area (Å²) in [6.45, 7) is 6.58. The molecule has 1 rings (SSSR count). The summed E-state index contributed by atoms with van der Waals surface area (Å²) in [5, 5.41) is 2.68. The van der Waals surface area contributed by atoms with Gasteiger partial charge in [-0.3, -0.25) is 9.59 Å². The zero-order chi connectivity index (χ0) is 11.5. The minimum Gasteiger partial charge on any atom is -0.461 e. The molecular weight excluding hydrogens is 194 g/mol. The Morgan fingerprint density at radius 1 is 1.67 bits per heavy atom. The van der Waals surface area contributed by atoms with Gasteiger partial charge in [-0.2, -0.15) is 0 Å². The number of ether oxygens (including phenoxy) is 1. The lowest BCUT2D eigenvalue weighted by atomic mass is 10.3. The van der Waals surface area contributed by atoms with E-state index in [1.165, 1.54) is 0 Å². The van der Waals surface area contributed by atoms with Crippen LogP contribution in [0.3, 0.4) is 0 Å². The highest BCUT2D eigenvalue weighted by molar-refractivity contribution is 5.77. The molecule has 1 amide bonds. The van der Waals surface area contributed by atoms with Crippen LogP contribution >= 0.6 is 0 Å². The summed E-state index contributed by atoms with van der Waals surface area (Å²) in [4.78, 5) is 20.7. The third kappa shape index (κ3) is 9.00. The van der Waals surface area contributed by atoms with Gasteiger partial charge in [0.2, 0.25) is 5.91 Å². The zero-order valence-corrected chi connectivity index (χ0v) is 9.25. The fourth-order valence-corrected chi connectivity index (χ4v) is 0.993. The fourth-order valence-electron chi connectivity index (χ4n) is 0.993. The van der Waals surface area contributed by atoms with Crippen molar-refractivity contribution in [1.82, 2.24) is 5.32 Å². The lowest BCUT2D eigenvalue weighted by Gasteiger charge is -1.97. The third-order valence-electron chi connectivity index (χ3n) is 1.72. The predicted octanol–water partition coefficient (Wildman–Crippen LogP) is 1.41. The van der Waals surface area contributed by atoms with Gasteiger partial charge < -0.3 is 10.1 Å². The number of hydrogen-bond acceptors (Lipinski definition) is 3. The minimum absolute atomic E-state index is 0.141. The van der Waals surface area contributed by atoms with Crippen LogP contribution in [-0.2, 0) is 14.3 Å². The lowest BCUT2D eigenvalue weighted by Crippen LogP contribution is -2.12. The van der Waals surface area contributed by atoms with Crippen molar-refractivity contribution in [3.8, 4) is 0 Å². The predicted molar refractivity (Wildman–Crippen MR) is 58.3 cm³/mol. The second-order valence-electron chi connectivity index (χ2n) is 3.18. The first-order valence-corrected chi connectivity index (χ1v) is 5.24. The van der Waals surface area contributed by atoms with E-state index in [-0.39, 0.29) is 11.9 Å². The molecule has 0 aromatic heterocycles. The zero-order valence-electron chi connectivity index (χ0n) is 9.25. The van der Waals surface area contributed by atoms with Crippen molar-refractivity contribution in [3.05, 3.63) is 12.7 Å². The van der Waals surface area contributed by atoms with Crippen molar-refractivity contribution < 1.29 is 14.3 Å². The number of carbonyl (C=O) groups is 2. The van der Waals surface area contributed by atoms with E-state index < -0.39 is 0 Å². The van der Waals surface area contributed by atoms with Gasteiger partial charge in [-0.05, 0) is 12.8 Å². The van der Waals surface area contributed by atoms with Gasteiger partial charge in [0.1, 0.15) is 6.61 Å². The van der Waals surface area contributed by atoms with Crippen LogP contribution in [0.5, 0.6) is 0 Å². The van der Waals surface area contributed by atoms with E-state index in [0.29, 0.717) is 13.0 Å². The van der Waals surface area contributed by atoms with Gasteiger partial charge in [0, 0.05) is 19.4 Å². The molecule has 4 nitrogen and oxygen atoms in total. The molecule has 4 heteroatoms. The third-order valence-corrected chi connectivity index (χ3v) is 1.72. The lowest BCUT2D eigenvalue weighted by molar-refractivity contribution is -0.142. The molecule has 1 aliphatic rings. The maximum atomic E-state index is 10.5. The molecule has 1 fully saturated rings. The number of rotatable bonds is 4. The number of hydrogen-bond donors (Lipinski definition) is 1. The highest BCUT2D eigenvalue weighted by atomic mass is 16.5. The van der Waals surface area contributed by atoms with Crippen molar-refractivity contribution in [3.63, 3.8) is 0 Å². The summed E-state index contributed by atoms with van der Waals surface area (Å²) in [5.74, 6) is 0.0624. The number of nitrogens with one attached hydrogen (secondary N) is 1. The molecule has 15 heavy (non-hydrogen) atoms. The summed E-state index contributed by atoms with van der Waals surface area (Å²) in [6, 6.07) is 0. The number of amides is 1. The Kier molecular flexibility index (Phi) is 8.43. The van der Waals surface area contributed by atoms with Crippen LogP contribution in [0.4, 0.5) is 0 Å². The first-order chi connectivity index (χ1) is 7.20. The molecule has 0 bridgehead atoms. The van der Waals surface area contributed by atoms with Crippen molar-refractivity contribution in [2.24, 2.45) is 0 Å². The molecule has 1 saturated heterocycles. The van der Waals surface area contributed by atoms with Crippen LogP contribution in [0, 0.1) is 0 Å². The van der Waals surface area contributed by atoms with Crippen LogP contribution in [0.1, 0.15) is 32.6 Å². The minimum atomic E-state index is -0.141. The highest BCUT2D eigenvalue weighted by Crippen LogP contribution is 1.93. The second kappa shape index (κ2) is 9.24. The molecule has 1 aliphatic heterocycles. The van der Waals surface area contributed by atoms with Gasteiger partial charge >= 0.3 is 5.97 Å². The molecule has 1 N–H and O–H groups in total.